The molecule has 0 spiro atoms. The number of benzene rings is 2. The first-order valence-corrected chi connectivity index (χ1v) is 15.4. The molecular weight excluding hydrogens is 468 g/mol. The summed E-state index contributed by atoms with van der Waals surface area (Å²) in [7, 11) is 0. The van der Waals surface area contributed by atoms with Gasteiger partial charge in [0.15, 0.2) is 0 Å². The van der Waals surface area contributed by atoms with Gasteiger partial charge in [0.25, 0.3) is 0 Å². The van der Waals surface area contributed by atoms with Gasteiger partial charge in [-0.25, -0.2) is 0 Å². The van der Waals surface area contributed by atoms with Gasteiger partial charge in [-0.2, -0.15) is 0 Å². The maximum absolute atomic E-state index is 2.54. The van der Waals surface area contributed by atoms with Gasteiger partial charge < -0.3 is 0 Å². The smallest absolute Gasteiger partial charge is 0.0129 e. The summed E-state index contributed by atoms with van der Waals surface area (Å²) in [5.41, 5.74) is 12.6. The first-order valence-electron chi connectivity index (χ1n) is 15.4. The maximum Gasteiger partial charge on any atom is -0.0129 e. The van der Waals surface area contributed by atoms with Crippen molar-refractivity contribution in [3.05, 3.63) is 68.8 Å². The van der Waals surface area contributed by atoms with Crippen LogP contribution < -0.4 is 0 Å². The van der Waals surface area contributed by atoms with E-state index in [9.17, 15) is 0 Å². The van der Waals surface area contributed by atoms with Crippen LogP contribution in [0.15, 0.2) is 24.3 Å². The van der Waals surface area contributed by atoms with Gasteiger partial charge in [-0.05, 0) is 89.3 Å². The van der Waals surface area contributed by atoms with Crippen LogP contribution in [0.25, 0.3) is 0 Å². The van der Waals surface area contributed by atoms with E-state index in [4.69, 9.17) is 0 Å². The topological polar surface area (TPSA) is 0 Å². The number of hydrogen-bond donors (Lipinski definition) is 0. The number of rotatable bonds is 3. The van der Waals surface area contributed by atoms with Crippen molar-refractivity contribution in [2.24, 2.45) is 0 Å². The predicted molar refractivity (Wildman–Crippen MR) is 177 cm³/mol. The fraction of sp³-hybridized carbons (Fsp3) is 0.692. The first-order chi connectivity index (χ1) is 17.1. The Morgan fingerprint density at radius 1 is 0.410 bits per heavy atom. The largest absolute Gasteiger partial charge is 0.0581 e. The highest BCUT2D eigenvalue weighted by Gasteiger charge is 2.34. The zero-order valence-corrected chi connectivity index (χ0v) is 29.6. The molecule has 0 N–H and O–H groups in total. The van der Waals surface area contributed by atoms with E-state index < -0.39 is 0 Å². The van der Waals surface area contributed by atoms with Gasteiger partial charge >= 0.3 is 0 Å². The first kappa shape index (κ1) is 33.6. The van der Waals surface area contributed by atoms with Crippen LogP contribution in [0.1, 0.15) is 182 Å². The van der Waals surface area contributed by atoms with E-state index in [1.54, 1.807) is 11.1 Å². The lowest BCUT2D eigenvalue weighted by Gasteiger charge is -2.38. The summed E-state index contributed by atoms with van der Waals surface area (Å²) < 4.78 is 0. The van der Waals surface area contributed by atoms with Crippen molar-refractivity contribution in [2.45, 2.75) is 176 Å². The molecule has 1 atom stereocenters. The summed E-state index contributed by atoms with van der Waals surface area (Å²) in [5, 5.41) is 0. The van der Waals surface area contributed by atoms with Gasteiger partial charge in [0.2, 0.25) is 0 Å². The highest BCUT2D eigenvalue weighted by molar-refractivity contribution is 5.52. The van der Waals surface area contributed by atoms with E-state index in [-0.39, 0.29) is 32.5 Å². The van der Waals surface area contributed by atoms with E-state index >= 15 is 0 Å². The molecule has 0 radical (unpaired) electrons. The summed E-state index contributed by atoms with van der Waals surface area (Å²) in [6.07, 6.45) is 1.06. The van der Waals surface area contributed by atoms with Gasteiger partial charge in [-0.3, -0.25) is 0 Å². The lowest BCUT2D eigenvalue weighted by atomic mass is 9.67. The lowest BCUT2D eigenvalue weighted by Crippen LogP contribution is -2.28. The Hall–Kier alpha value is -1.56. The molecule has 0 aliphatic rings. The monoisotopic (exact) mass is 533 g/mol. The summed E-state index contributed by atoms with van der Waals surface area (Å²) >= 11 is 0. The molecule has 0 heterocycles. The second kappa shape index (κ2) is 10.4. The minimum atomic E-state index is 0.0701. The minimum absolute atomic E-state index is 0.0701. The third-order valence-corrected chi connectivity index (χ3v) is 8.40. The fourth-order valence-corrected chi connectivity index (χ4v) is 5.93. The Labute approximate surface area is 244 Å². The molecule has 2 aromatic rings. The predicted octanol–water partition coefficient (Wildman–Crippen LogP) is 11.8. The van der Waals surface area contributed by atoms with Gasteiger partial charge in [0.1, 0.15) is 0 Å². The average Bonchev–Trinajstić information content (AvgIpc) is 2.68. The van der Waals surface area contributed by atoms with Crippen molar-refractivity contribution in [2.75, 3.05) is 0 Å². The van der Waals surface area contributed by atoms with Gasteiger partial charge in [-0.1, -0.05) is 156 Å². The lowest BCUT2D eigenvalue weighted by molar-refractivity contribution is 0.515. The molecule has 0 bridgehead atoms. The van der Waals surface area contributed by atoms with Crippen LogP contribution in [0.3, 0.4) is 0 Å². The van der Waals surface area contributed by atoms with Gasteiger partial charge in [-0.15, -0.1) is 0 Å². The molecule has 2 aromatic carbocycles. The zero-order valence-electron chi connectivity index (χ0n) is 29.6. The molecule has 39 heavy (non-hydrogen) atoms. The Bertz CT molecular complexity index is 1090. The van der Waals surface area contributed by atoms with Crippen LogP contribution in [0.5, 0.6) is 0 Å². The highest BCUT2D eigenvalue weighted by atomic mass is 14.4. The van der Waals surface area contributed by atoms with E-state index in [0.717, 1.165) is 6.42 Å². The van der Waals surface area contributed by atoms with Gasteiger partial charge in [0.05, 0.1) is 0 Å². The quantitative estimate of drug-likeness (QED) is 0.369. The summed E-state index contributed by atoms with van der Waals surface area (Å²) in [5.74, 6) is 0.408. The van der Waals surface area contributed by atoms with E-state index in [1.807, 2.05) is 0 Å². The van der Waals surface area contributed by atoms with Crippen molar-refractivity contribution in [3.8, 4) is 0 Å². The van der Waals surface area contributed by atoms with Crippen molar-refractivity contribution < 1.29 is 0 Å². The second-order valence-corrected chi connectivity index (χ2v) is 18.6. The molecule has 0 nitrogen and oxygen atoms in total. The normalized spacial score (nSPS) is 15.1. The van der Waals surface area contributed by atoms with Crippen molar-refractivity contribution in [1.29, 1.82) is 0 Å². The number of hydrogen-bond acceptors (Lipinski definition) is 0. The fourth-order valence-electron chi connectivity index (χ4n) is 5.93. The second-order valence-electron chi connectivity index (χ2n) is 18.6. The molecule has 0 aromatic heterocycles. The molecule has 0 amide bonds. The molecule has 0 saturated heterocycles. The Balaban J connectivity index is 2.99. The standard InChI is InChI=1S/C39H64/c1-25(33-31(38(14,15)16)23-27(35(5,6)7)24-32(33)39(17,18)19)20-28-29(36(8,9)10)21-26(34(2,3)4)22-30(28)37(11,12)13/h21-25H,20H2,1-19H3. The van der Waals surface area contributed by atoms with Crippen LogP contribution in [-0.2, 0) is 38.9 Å². The molecule has 220 valence electrons. The maximum atomic E-state index is 2.54. The molecule has 0 aliphatic heterocycles. The van der Waals surface area contributed by atoms with Gasteiger partial charge in [0, 0.05) is 0 Å². The molecule has 0 fully saturated rings. The third kappa shape index (κ3) is 7.80. The molecule has 1 unspecified atom stereocenters. The summed E-state index contributed by atoms with van der Waals surface area (Å²) in [6, 6.07) is 10.2. The highest BCUT2D eigenvalue weighted by Crippen LogP contribution is 2.45. The van der Waals surface area contributed by atoms with E-state index in [1.165, 1.54) is 33.4 Å². The van der Waals surface area contributed by atoms with Crippen LogP contribution in [0.4, 0.5) is 0 Å². The van der Waals surface area contributed by atoms with E-state index in [2.05, 4.69) is 156 Å². The van der Waals surface area contributed by atoms with Crippen LogP contribution in [-0.4, -0.2) is 0 Å². The third-order valence-electron chi connectivity index (χ3n) is 8.40. The Morgan fingerprint density at radius 2 is 0.667 bits per heavy atom. The Morgan fingerprint density at radius 3 is 0.897 bits per heavy atom. The van der Waals surface area contributed by atoms with Crippen molar-refractivity contribution in [3.63, 3.8) is 0 Å². The molecular formula is C39H64. The van der Waals surface area contributed by atoms with Crippen LogP contribution >= 0.6 is 0 Å². The van der Waals surface area contributed by atoms with Crippen LogP contribution in [0, 0.1) is 0 Å². The van der Waals surface area contributed by atoms with Crippen molar-refractivity contribution >= 4 is 0 Å². The Kier molecular flexibility index (Phi) is 8.94. The van der Waals surface area contributed by atoms with Crippen molar-refractivity contribution in [1.82, 2.24) is 0 Å². The SMILES string of the molecule is CC(Cc1c(C(C)(C)C)cc(C(C)(C)C)cc1C(C)(C)C)c1c(C(C)(C)C)cc(C(C)(C)C)cc1C(C)(C)C. The molecule has 2 rings (SSSR count). The zero-order chi connectivity index (χ0) is 30.7. The average molecular weight is 533 g/mol. The minimum Gasteiger partial charge on any atom is -0.0581 e. The summed E-state index contributed by atoms with van der Waals surface area (Å²) in [4.78, 5) is 0. The summed E-state index contributed by atoms with van der Waals surface area (Å²) in [6.45, 7) is 45.4. The van der Waals surface area contributed by atoms with Crippen LogP contribution in [0.2, 0.25) is 0 Å². The van der Waals surface area contributed by atoms with E-state index in [0.29, 0.717) is 5.92 Å². The molecule has 0 aliphatic carbocycles. The molecule has 0 heteroatoms. The molecule has 0 saturated carbocycles.